The summed E-state index contributed by atoms with van der Waals surface area (Å²) in [4.78, 5) is 24.6. The van der Waals surface area contributed by atoms with Gasteiger partial charge < -0.3 is 20.4 Å². The van der Waals surface area contributed by atoms with Crippen LogP contribution in [0.4, 0.5) is 4.79 Å². The van der Waals surface area contributed by atoms with Crippen LogP contribution in [0.1, 0.15) is 26.7 Å². The van der Waals surface area contributed by atoms with Crippen LogP contribution < -0.4 is 5.32 Å². The van der Waals surface area contributed by atoms with Crippen molar-refractivity contribution in [2.24, 2.45) is 0 Å². The number of hydrogen-bond donors (Lipinski definition) is 3. The van der Waals surface area contributed by atoms with Crippen molar-refractivity contribution in [3.05, 3.63) is 0 Å². The summed E-state index contributed by atoms with van der Waals surface area (Å²) < 4.78 is 0. The zero-order chi connectivity index (χ0) is 14.8. The average Bonchev–Trinajstić information content (AvgIpc) is 2.34. The second-order valence-electron chi connectivity index (χ2n) is 4.49. The maximum Gasteiger partial charge on any atom is 0.326 e. The smallest absolute Gasteiger partial charge is 0.326 e. The monoisotopic (exact) mass is 292 g/mol. The summed E-state index contributed by atoms with van der Waals surface area (Å²) >= 11 is 1.54. The molecule has 3 N–H and O–H groups in total. The fourth-order valence-corrected chi connectivity index (χ4v) is 2.03. The first kappa shape index (κ1) is 18.0. The molecule has 7 heteroatoms. The number of hydrogen-bond acceptors (Lipinski definition) is 4. The molecule has 0 aromatic carbocycles. The molecule has 2 amide bonds. The lowest BCUT2D eigenvalue weighted by atomic mass is 10.2. The number of aliphatic hydroxyl groups is 1. The molecule has 0 saturated carbocycles. The van der Waals surface area contributed by atoms with Gasteiger partial charge in [0.05, 0.1) is 0 Å². The first-order valence-corrected chi connectivity index (χ1v) is 7.73. The van der Waals surface area contributed by atoms with Crippen LogP contribution in [0.25, 0.3) is 0 Å². The van der Waals surface area contributed by atoms with E-state index < -0.39 is 18.0 Å². The molecule has 0 spiro atoms. The SMILES string of the molecule is CSCC[C@H](NC(=O)N(CCCO)C(C)C)C(=O)O. The molecule has 1 atom stereocenters. The van der Waals surface area contributed by atoms with E-state index in [2.05, 4.69) is 5.32 Å². The minimum atomic E-state index is -1.02. The highest BCUT2D eigenvalue weighted by molar-refractivity contribution is 7.98. The Bertz CT molecular complexity index is 287. The molecule has 0 fully saturated rings. The number of urea groups is 1. The van der Waals surface area contributed by atoms with Crippen molar-refractivity contribution in [2.75, 3.05) is 25.2 Å². The number of nitrogens with one attached hydrogen (secondary N) is 1. The highest BCUT2D eigenvalue weighted by Crippen LogP contribution is 2.05. The fourth-order valence-electron chi connectivity index (χ4n) is 1.56. The van der Waals surface area contributed by atoms with Crippen molar-refractivity contribution in [2.45, 2.75) is 38.8 Å². The van der Waals surface area contributed by atoms with Crippen molar-refractivity contribution in [3.8, 4) is 0 Å². The van der Waals surface area contributed by atoms with E-state index in [1.54, 1.807) is 11.8 Å². The van der Waals surface area contributed by atoms with E-state index in [1.165, 1.54) is 4.90 Å². The third-order valence-electron chi connectivity index (χ3n) is 2.65. The van der Waals surface area contributed by atoms with Gasteiger partial charge in [-0.25, -0.2) is 9.59 Å². The molecule has 0 aromatic rings. The topological polar surface area (TPSA) is 89.9 Å². The van der Waals surface area contributed by atoms with Crippen LogP contribution in [-0.2, 0) is 4.79 Å². The van der Waals surface area contributed by atoms with Gasteiger partial charge in [-0.3, -0.25) is 0 Å². The second-order valence-corrected chi connectivity index (χ2v) is 5.47. The van der Waals surface area contributed by atoms with Crippen molar-refractivity contribution < 1.29 is 19.8 Å². The summed E-state index contributed by atoms with van der Waals surface area (Å²) in [6.45, 7) is 4.13. The van der Waals surface area contributed by atoms with Gasteiger partial charge >= 0.3 is 12.0 Å². The summed E-state index contributed by atoms with van der Waals surface area (Å²) in [6, 6.07) is -1.30. The van der Waals surface area contributed by atoms with Crippen LogP contribution in [0.2, 0.25) is 0 Å². The normalized spacial score (nSPS) is 12.3. The highest BCUT2D eigenvalue weighted by Gasteiger charge is 2.23. The predicted molar refractivity (Wildman–Crippen MR) is 76.5 cm³/mol. The highest BCUT2D eigenvalue weighted by atomic mass is 32.2. The molecular weight excluding hydrogens is 268 g/mol. The standard InChI is InChI=1S/C12H24N2O4S/c1-9(2)14(6-4-7-15)12(18)13-10(11(16)17)5-8-19-3/h9-10,15H,4-8H2,1-3H3,(H,13,18)(H,16,17)/t10-/m0/s1. The molecule has 0 aliphatic heterocycles. The number of carboxylic acid groups (broad SMARTS) is 1. The third-order valence-corrected chi connectivity index (χ3v) is 3.29. The maximum atomic E-state index is 12.0. The van der Waals surface area contributed by atoms with E-state index in [1.807, 2.05) is 20.1 Å². The number of rotatable bonds is 9. The Kier molecular flexibility index (Phi) is 9.42. The summed E-state index contributed by atoms with van der Waals surface area (Å²) in [6.07, 6.45) is 2.77. The van der Waals surface area contributed by atoms with Gasteiger partial charge in [-0.05, 0) is 38.7 Å². The van der Waals surface area contributed by atoms with E-state index in [-0.39, 0.29) is 12.6 Å². The van der Waals surface area contributed by atoms with Crippen LogP contribution in [0.3, 0.4) is 0 Å². The third kappa shape index (κ3) is 7.27. The Morgan fingerprint density at radius 3 is 2.42 bits per heavy atom. The van der Waals surface area contributed by atoms with Crippen LogP contribution in [0, 0.1) is 0 Å². The second kappa shape index (κ2) is 9.91. The summed E-state index contributed by atoms with van der Waals surface area (Å²) in [5.41, 5.74) is 0. The number of carboxylic acids is 1. The van der Waals surface area contributed by atoms with Crippen LogP contribution in [0.15, 0.2) is 0 Å². The molecule has 0 bridgehead atoms. The molecule has 19 heavy (non-hydrogen) atoms. The van der Waals surface area contributed by atoms with Gasteiger partial charge in [0.25, 0.3) is 0 Å². The lowest BCUT2D eigenvalue weighted by Crippen LogP contribution is -2.50. The molecule has 0 aromatic heterocycles. The van der Waals surface area contributed by atoms with Gasteiger partial charge in [-0.2, -0.15) is 11.8 Å². The van der Waals surface area contributed by atoms with Crippen molar-refractivity contribution in [3.63, 3.8) is 0 Å². The molecular formula is C12H24N2O4S. The fraction of sp³-hybridized carbons (Fsp3) is 0.833. The number of thioether (sulfide) groups is 1. The minimum absolute atomic E-state index is 0.00529. The van der Waals surface area contributed by atoms with Gasteiger partial charge in [0.15, 0.2) is 0 Å². The maximum absolute atomic E-state index is 12.0. The molecule has 0 radical (unpaired) electrons. The lowest BCUT2D eigenvalue weighted by Gasteiger charge is -2.28. The van der Waals surface area contributed by atoms with E-state index in [9.17, 15) is 9.59 Å². The average molecular weight is 292 g/mol. The molecule has 0 aliphatic carbocycles. The van der Waals surface area contributed by atoms with Crippen molar-refractivity contribution in [1.82, 2.24) is 10.2 Å². The minimum Gasteiger partial charge on any atom is -0.480 e. The van der Waals surface area contributed by atoms with Crippen LogP contribution in [-0.4, -0.2) is 64.4 Å². The molecule has 0 saturated heterocycles. The molecule has 6 nitrogen and oxygen atoms in total. The summed E-state index contributed by atoms with van der Waals surface area (Å²) in [5, 5.41) is 20.4. The van der Waals surface area contributed by atoms with Gasteiger partial charge in [-0.1, -0.05) is 0 Å². The number of amides is 2. The summed E-state index contributed by atoms with van der Waals surface area (Å²) in [7, 11) is 0. The van der Waals surface area contributed by atoms with E-state index >= 15 is 0 Å². The Morgan fingerprint density at radius 1 is 1.37 bits per heavy atom. The molecule has 112 valence electrons. The van der Waals surface area contributed by atoms with E-state index in [0.717, 1.165) is 0 Å². The van der Waals surface area contributed by atoms with Gasteiger partial charge in [0, 0.05) is 19.2 Å². The van der Waals surface area contributed by atoms with Crippen LogP contribution in [0.5, 0.6) is 0 Å². The molecule has 0 aliphatic rings. The first-order chi connectivity index (χ1) is 8.93. The van der Waals surface area contributed by atoms with E-state index in [4.69, 9.17) is 10.2 Å². The van der Waals surface area contributed by atoms with Crippen molar-refractivity contribution >= 4 is 23.8 Å². The van der Waals surface area contributed by atoms with Crippen LogP contribution >= 0.6 is 11.8 Å². The number of aliphatic carboxylic acids is 1. The van der Waals surface area contributed by atoms with Gasteiger partial charge in [0.2, 0.25) is 0 Å². The van der Waals surface area contributed by atoms with Gasteiger partial charge in [-0.15, -0.1) is 0 Å². The molecule has 0 heterocycles. The largest absolute Gasteiger partial charge is 0.480 e. The number of nitrogens with zero attached hydrogens (tertiary/aromatic N) is 1. The number of carbonyl (C=O) groups is 2. The Hall–Kier alpha value is -0.950. The lowest BCUT2D eigenvalue weighted by molar-refractivity contribution is -0.139. The predicted octanol–water partition coefficient (Wildman–Crippen LogP) is 0.995. The zero-order valence-electron chi connectivity index (χ0n) is 11.8. The zero-order valence-corrected chi connectivity index (χ0v) is 12.6. The summed E-state index contributed by atoms with van der Waals surface area (Å²) in [5.74, 6) is -0.344. The molecule has 0 rings (SSSR count). The number of carbonyl (C=O) groups excluding carboxylic acids is 1. The quantitative estimate of drug-likeness (QED) is 0.590. The van der Waals surface area contributed by atoms with E-state index in [0.29, 0.717) is 25.1 Å². The van der Waals surface area contributed by atoms with Gasteiger partial charge in [0.1, 0.15) is 6.04 Å². The molecule has 0 unspecified atom stereocenters. The Labute approximate surface area is 118 Å². The first-order valence-electron chi connectivity index (χ1n) is 6.33. The number of aliphatic hydroxyl groups excluding tert-OH is 1. The Balaban J connectivity index is 4.52. The Morgan fingerprint density at radius 2 is 2.00 bits per heavy atom. The van der Waals surface area contributed by atoms with Crippen molar-refractivity contribution in [1.29, 1.82) is 0 Å².